The van der Waals surface area contributed by atoms with Crippen molar-refractivity contribution in [3.05, 3.63) is 65.8 Å². The molecule has 0 bridgehead atoms. The van der Waals surface area contributed by atoms with Crippen molar-refractivity contribution in [2.24, 2.45) is 10.9 Å². The van der Waals surface area contributed by atoms with Gasteiger partial charge in [-0.2, -0.15) is 0 Å². The minimum atomic E-state index is -0.524. The van der Waals surface area contributed by atoms with Crippen LogP contribution >= 0.6 is 0 Å². The number of carbonyl (C=O) groups excluding carboxylic acids is 1. The molecule has 2 rings (SSSR count). The van der Waals surface area contributed by atoms with Gasteiger partial charge in [-0.15, -0.1) is 0 Å². The summed E-state index contributed by atoms with van der Waals surface area (Å²) in [6.45, 7) is 9.90. The van der Waals surface area contributed by atoms with E-state index >= 15 is 0 Å². The molecular formula is C26H37FN2O2. The maximum absolute atomic E-state index is 13.9. The van der Waals surface area contributed by atoms with Crippen molar-refractivity contribution in [2.45, 2.75) is 66.7 Å². The number of hydrogen-bond donors (Lipinski definition) is 1. The summed E-state index contributed by atoms with van der Waals surface area (Å²) in [6, 6.07) is 5.99. The van der Waals surface area contributed by atoms with Crippen molar-refractivity contribution in [3.63, 3.8) is 0 Å². The van der Waals surface area contributed by atoms with E-state index in [0.717, 1.165) is 30.3 Å². The zero-order valence-electron chi connectivity index (χ0n) is 18.3. The Balaban J connectivity index is 0.00000480. The lowest BCUT2D eigenvalue weighted by atomic mass is 9.87. The van der Waals surface area contributed by atoms with Gasteiger partial charge in [-0.1, -0.05) is 58.2 Å². The van der Waals surface area contributed by atoms with Crippen LogP contribution in [0, 0.1) is 11.7 Å². The number of benzene rings is 1. The van der Waals surface area contributed by atoms with E-state index in [9.17, 15) is 9.18 Å². The second kappa shape index (κ2) is 13.6. The average Bonchev–Trinajstić information content (AvgIpc) is 2.72. The molecule has 0 radical (unpaired) electrons. The molecule has 1 aliphatic rings. The monoisotopic (exact) mass is 428 g/mol. The first-order valence-corrected chi connectivity index (χ1v) is 10.7. The van der Waals surface area contributed by atoms with Gasteiger partial charge in [0.25, 0.3) is 0 Å². The van der Waals surface area contributed by atoms with Crippen molar-refractivity contribution in [1.29, 1.82) is 0 Å². The lowest BCUT2D eigenvalue weighted by Crippen LogP contribution is -2.16. The SMILES string of the molecule is C.C=C(C)C(=C\NC(C)=NCCC1CCCCC1)/C=C(/Oc1ccccc1F)C(C)=O. The Kier molecular flexibility index (Phi) is 11.5. The highest BCUT2D eigenvalue weighted by Gasteiger charge is 2.13. The van der Waals surface area contributed by atoms with Crippen LogP contribution in [0.3, 0.4) is 0 Å². The van der Waals surface area contributed by atoms with Crippen LogP contribution in [-0.4, -0.2) is 18.2 Å². The van der Waals surface area contributed by atoms with Crippen molar-refractivity contribution < 1.29 is 13.9 Å². The number of halogens is 1. The second-order valence-corrected chi connectivity index (χ2v) is 7.88. The molecule has 4 nitrogen and oxygen atoms in total. The summed E-state index contributed by atoms with van der Waals surface area (Å²) in [7, 11) is 0. The van der Waals surface area contributed by atoms with Gasteiger partial charge in [0.1, 0.15) is 0 Å². The third-order valence-corrected chi connectivity index (χ3v) is 5.23. The van der Waals surface area contributed by atoms with Crippen LogP contribution in [0.1, 0.15) is 66.7 Å². The van der Waals surface area contributed by atoms with Gasteiger partial charge >= 0.3 is 0 Å². The Bertz CT molecular complexity index is 834. The Labute approximate surface area is 187 Å². The summed E-state index contributed by atoms with van der Waals surface area (Å²) in [5.41, 5.74) is 1.42. The summed E-state index contributed by atoms with van der Waals surface area (Å²) >= 11 is 0. The van der Waals surface area contributed by atoms with Crippen molar-refractivity contribution in [3.8, 4) is 5.75 Å². The average molecular weight is 429 g/mol. The second-order valence-electron chi connectivity index (χ2n) is 7.88. The first-order valence-electron chi connectivity index (χ1n) is 10.7. The van der Waals surface area contributed by atoms with Gasteiger partial charge < -0.3 is 10.1 Å². The van der Waals surface area contributed by atoms with Gasteiger partial charge in [0.05, 0.1) is 5.84 Å². The van der Waals surface area contributed by atoms with Crippen LogP contribution in [0.2, 0.25) is 0 Å². The fraction of sp³-hybridized carbons (Fsp3) is 0.462. The summed E-state index contributed by atoms with van der Waals surface area (Å²) in [4.78, 5) is 16.6. The molecule has 170 valence electrons. The molecule has 0 amide bonds. The fourth-order valence-electron chi connectivity index (χ4n) is 3.40. The van der Waals surface area contributed by atoms with Crippen LogP contribution in [-0.2, 0) is 4.79 Å². The minimum Gasteiger partial charge on any atom is -0.451 e. The molecule has 0 aliphatic heterocycles. The van der Waals surface area contributed by atoms with E-state index in [-0.39, 0.29) is 24.7 Å². The molecule has 31 heavy (non-hydrogen) atoms. The summed E-state index contributed by atoms with van der Waals surface area (Å²) in [5, 5.41) is 3.16. The molecule has 1 N–H and O–H groups in total. The number of rotatable bonds is 9. The molecule has 1 aromatic carbocycles. The van der Waals surface area contributed by atoms with E-state index in [2.05, 4.69) is 16.9 Å². The predicted octanol–water partition coefficient (Wildman–Crippen LogP) is 6.75. The summed E-state index contributed by atoms with van der Waals surface area (Å²) in [6.07, 6.45) is 11.1. The maximum Gasteiger partial charge on any atom is 0.194 e. The van der Waals surface area contributed by atoms with Crippen LogP contribution < -0.4 is 10.1 Å². The number of carbonyl (C=O) groups is 1. The fourth-order valence-corrected chi connectivity index (χ4v) is 3.40. The number of nitrogens with one attached hydrogen (secondary N) is 1. The van der Waals surface area contributed by atoms with Crippen molar-refractivity contribution in [2.75, 3.05) is 6.54 Å². The normalized spacial score (nSPS) is 15.8. The highest BCUT2D eigenvalue weighted by molar-refractivity contribution is 5.92. The lowest BCUT2D eigenvalue weighted by Gasteiger charge is -2.20. The van der Waals surface area contributed by atoms with Gasteiger partial charge in [-0.25, -0.2) is 4.39 Å². The number of para-hydroxylation sites is 1. The zero-order valence-corrected chi connectivity index (χ0v) is 18.3. The standard InChI is InChI=1S/C25H33FN2O2.CH4/c1-18(2)22(16-25(19(3)29)30-24-13-9-8-12-23(24)26)17-28-20(4)27-15-14-21-10-6-5-7-11-21;/h8-9,12-13,16-17,21H,1,5-7,10-11,14-15H2,2-4H3,(H,27,28);1H4/b22-17-,25-16+;. The quantitative estimate of drug-likeness (QED) is 0.156. The van der Waals surface area contributed by atoms with Crippen molar-refractivity contribution in [1.82, 2.24) is 5.32 Å². The Hall–Kier alpha value is -2.69. The van der Waals surface area contributed by atoms with E-state index in [1.54, 1.807) is 24.4 Å². The van der Waals surface area contributed by atoms with Gasteiger partial charge in [0, 0.05) is 19.7 Å². The van der Waals surface area contributed by atoms with Crippen molar-refractivity contribution >= 4 is 11.6 Å². The molecule has 0 aromatic heterocycles. The highest BCUT2D eigenvalue weighted by Crippen LogP contribution is 2.26. The van der Waals surface area contributed by atoms with E-state index in [1.807, 2.05) is 13.8 Å². The first kappa shape index (κ1) is 26.3. The Morgan fingerprint density at radius 2 is 1.90 bits per heavy atom. The smallest absolute Gasteiger partial charge is 0.194 e. The van der Waals surface area contributed by atoms with E-state index < -0.39 is 5.82 Å². The number of allylic oxidation sites excluding steroid dienone is 4. The lowest BCUT2D eigenvalue weighted by molar-refractivity contribution is -0.115. The molecule has 0 unspecified atom stereocenters. The Morgan fingerprint density at radius 3 is 2.52 bits per heavy atom. The third kappa shape index (κ3) is 9.33. The molecule has 0 heterocycles. The molecular weight excluding hydrogens is 391 g/mol. The number of ether oxygens (including phenoxy) is 1. The molecule has 1 aromatic rings. The Morgan fingerprint density at radius 1 is 1.23 bits per heavy atom. The summed E-state index contributed by atoms with van der Waals surface area (Å²) in [5.74, 6) is 0.829. The number of hydrogen-bond acceptors (Lipinski definition) is 3. The zero-order chi connectivity index (χ0) is 21.9. The molecule has 0 saturated heterocycles. The van der Waals surface area contributed by atoms with E-state index in [0.29, 0.717) is 5.57 Å². The van der Waals surface area contributed by atoms with Crippen LogP contribution in [0.25, 0.3) is 0 Å². The van der Waals surface area contributed by atoms with Gasteiger partial charge in [0.15, 0.2) is 23.1 Å². The molecule has 1 saturated carbocycles. The molecule has 0 spiro atoms. The molecule has 1 aliphatic carbocycles. The predicted molar refractivity (Wildman–Crippen MR) is 128 cm³/mol. The van der Waals surface area contributed by atoms with E-state index in [1.165, 1.54) is 51.2 Å². The highest BCUT2D eigenvalue weighted by atomic mass is 19.1. The van der Waals surface area contributed by atoms with Gasteiger partial charge in [0.2, 0.25) is 0 Å². The third-order valence-electron chi connectivity index (χ3n) is 5.23. The molecule has 5 heteroatoms. The van der Waals surface area contributed by atoms with Crippen LogP contribution in [0.15, 0.2) is 65.0 Å². The number of nitrogens with zero attached hydrogens (tertiary/aromatic N) is 1. The largest absolute Gasteiger partial charge is 0.451 e. The van der Waals surface area contributed by atoms with E-state index in [4.69, 9.17) is 4.74 Å². The van der Waals surface area contributed by atoms with Crippen LogP contribution in [0.4, 0.5) is 4.39 Å². The topological polar surface area (TPSA) is 50.7 Å². The van der Waals surface area contributed by atoms with Gasteiger partial charge in [-0.05, 0) is 55.5 Å². The summed E-state index contributed by atoms with van der Waals surface area (Å²) < 4.78 is 19.4. The minimum absolute atomic E-state index is 0. The number of aliphatic imine (C=N–C) groups is 1. The van der Waals surface area contributed by atoms with Crippen LogP contribution in [0.5, 0.6) is 5.75 Å². The first-order chi connectivity index (χ1) is 14.4. The number of ketones is 1. The van der Waals surface area contributed by atoms with Gasteiger partial charge in [-0.3, -0.25) is 9.79 Å². The molecule has 0 atom stereocenters. The number of amidine groups is 1. The maximum atomic E-state index is 13.9. The number of Topliss-reactive ketones (excluding diaryl/α,β-unsaturated/α-hetero) is 1. The molecule has 1 fully saturated rings.